The molecule has 22 heavy (non-hydrogen) atoms. The van der Waals surface area contributed by atoms with Crippen molar-refractivity contribution in [3.05, 3.63) is 29.8 Å². The smallest absolute Gasteiger partial charge is 0.313 e. The highest BCUT2D eigenvalue weighted by molar-refractivity contribution is 6.39. The number of anilines is 1. The quantitative estimate of drug-likeness (QED) is 0.705. The predicted molar refractivity (Wildman–Crippen MR) is 87.6 cm³/mol. The molecular formula is C17H26N2O3. The van der Waals surface area contributed by atoms with Gasteiger partial charge >= 0.3 is 11.8 Å². The van der Waals surface area contributed by atoms with Crippen LogP contribution < -0.4 is 10.6 Å². The number of nitrogens with one attached hydrogen (secondary N) is 2. The lowest BCUT2D eigenvalue weighted by molar-refractivity contribution is -0.136. The molecule has 0 saturated heterocycles. The molecule has 2 amide bonds. The maximum atomic E-state index is 11.9. The van der Waals surface area contributed by atoms with Crippen molar-refractivity contribution in [3.63, 3.8) is 0 Å². The fraction of sp³-hybridized carbons (Fsp3) is 0.529. The van der Waals surface area contributed by atoms with Gasteiger partial charge in [-0.3, -0.25) is 9.59 Å². The Morgan fingerprint density at radius 1 is 1.14 bits per heavy atom. The second-order valence-electron chi connectivity index (χ2n) is 6.13. The minimum absolute atomic E-state index is 0.112. The molecule has 122 valence electrons. The van der Waals surface area contributed by atoms with Gasteiger partial charge in [-0.25, -0.2) is 0 Å². The highest BCUT2D eigenvalue weighted by Crippen LogP contribution is 2.18. The molecule has 0 heterocycles. The third-order valence-corrected chi connectivity index (χ3v) is 3.37. The van der Waals surface area contributed by atoms with E-state index >= 15 is 0 Å². The summed E-state index contributed by atoms with van der Waals surface area (Å²) in [6.07, 6.45) is 0.165. The average Bonchev–Trinajstić information content (AvgIpc) is 2.44. The van der Waals surface area contributed by atoms with Gasteiger partial charge in [0.05, 0.1) is 6.10 Å². The van der Waals surface area contributed by atoms with Crippen LogP contribution in [-0.4, -0.2) is 29.6 Å². The third-order valence-electron chi connectivity index (χ3n) is 3.37. The predicted octanol–water partition coefficient (Wildman–Crippen LogP) is 2.27. The molecule has 0 bridgehead atoms. The first-order valence-electron chi connectivity index (χ1n) is 7.66. The molecular weight excluding hydrogens is 280 g/mol. The zero-order chi connectivity index (χ0) is 16.7. The lowest BCUT2D eigenvalue weighted by Gasteiger charge is -2.14. The summed E-state index contributed by atoms with van der Waals surface area (Å²) in [6, 6.07) is 7.46. The Hall–Kier alpha value is -1.88. The van der Waals surface area contributed by atoms with E-state index in [4.69, 9.17) is 0 Å². The van der Waals surface area contributed by atoms with Crippen LogP contribution in [0, 0.1) is 5.92 Å². The topological polar surface area (TPSA) is 78.4 Å². The largest absolute Gasteiger partial charge is 0.393 e. The lowest BCUT2D eigenvalue weighted by Crippen LogP contribution is -2.38. The van der Waals surface area contributed by atoms with Crippen LogP contribution in [0.15, 0.2) is 24.3 Å². The van der Waals surface area contributed by atoms with E-state index in [1.54, 1.807) is 13.0 Å². The number of carbonyl (C=O) groups is 2. The van der Waals surface area contributed by atoms with Gasteiger partial charge in [0.1, 0.15) is 0 Å². The SMILES string of the molecule is CC(O)CC(C)CNC(=O)C(=O)Nc1cccc(C(C)C)c1. The van der Waals surface area contributed by atoms with E-state index in [0.717, 1.165) is 5.56 Å². The number of benzene rings is 1. The van der Waals surface area contributed by atoms with Crippen LogP contribution in [0.25, 0.3) is 0 Å². The van der Waals surface area contributed by atoms with Crippen LogP contribution in [0.5, 0.6) is 0 Å². The van der Waals surface area contributed by atoms with Crippen LogP contribution >= 0.6 is 0 Å². The van der Waals surface area contributed by atoms with Crippen LogP contribution in [-0.2, 0) is 9.59 Å². The van der Waals surface area contributed by atoms with Gasteiger partial charge in [0.25, 0.3) is 0 Å². The first-order valence-corrected chi connectivity index (χ1v) is 7.66. The van der Waals surface area contributed by atoms with Crippen LogP contribution in [0.2, 0.25) is 0 Å². The molecule has 0 aliphatic heterocycles. The van der Waals surface area contributed by atoms with Crippen molar-refractivity contribution in [2.24, 2.45) is 5.92 Å². The Morgan fingerprint density at radius 2 is 1.82 bits per heavy atom. The Bertz CT molecular complexity index is 512. The van der Waals surface area contributed by atoms with E-state index in [1.807, 2.05) is 25.1 Å². The number of aliphatic hydroxyl groups excluding tert-OH is 1. The zero-order valence-electron chi connectivity index (χ0n) is 13.7. The Kier molecular flexibility index (Phi) is 7.05. The molecule has 0 fully saturated rings. The Balaban J connectivity index is 2.51. The van der Waals surface area contributed by atoms with Gasteiger partial charge in [0.15, 0.2) is 0 Å². The van der Waals surface area contributed by atoms with Crippen molar-refractivity contribution in [1.29, 1.82) is 0 Å². The minimum atomic E-state index is -0.676. The normalized spacial score (nSPS) is 13.5. The first-order chi connectivity index (χ1) is 10.3. The summed E-state index contributed by atoms with van der Waals surface area (Å²) in [5, 5.41) is 14.5. The maximum absolute atomic E-state index is 11.9. The molecule has 5 nitrogen and oxygen atoms in total. The lowest BCUT2D eigenvalue weighted by atomic mass is 10.0. The van der Waals surface area contributed by atoms with Crippen LogP contribution in [0.3, 0.4) is 0 Å². The molecule has 0 spiro atoms. The van der Waals surface area contributed by atoms with Crippen molar-refractivity contribution in [3.8, 4) is 0 Å². The van der Waals surface area contributed by atoms with E-state index in [9.17, 15) is 14.7 Å². The third kappa shape index (κ3) is 6.26. The standard InChI is InChI=1S/C17H26N2O3/c1-11(2)14-6-5-7-15(9-14)19-17(22)16(21)18-10-12(3)8-13(4)20/h5-7,9,11-13,20H,8,10H2,1-4H3,(H,18,21)(H,19,22). The van der Waals surface area contributed by atoms with Crippen molar-refractivity contribution < 1.29 is 14.7 Å². The van der Waals surface area contributed by atoms with Crippen molar-refractivity contribution in [2.75, 3.05) is 11.9 Å². The zero-order valence-corrected chi connectivity index (χ0v) is 13.7. The summed E-state index contributed by atoms with van der Waals surface area (Å²) < 4.78 is 0. The highest BCUT2D eigenvalue weighted by Gasteiger charge is 2.15. The average molecular weight is 306 g/mol. The Morgan fingerprint density at radius 3 is 2.41 bits per heavy atom. The second-order valence-corrected chi connectivity index (χ2v) is 6.13. The fourth-order valence-corrected chi connectivity index (χ4v) is 2.18. The van der Waals surface area contributed by atoms with Gasteiger partial charge in [0, 0.05) is 12.2 Å². The van der Waals surface area contributed by atoms with Gasteiger partial charge in [0.2, 0.25) is 0 Å². The highest BCUT2D eigenvalue weighted by atomic mass is 16.3. The van der Waals surface area contributed by atoms with E-state index in [-0.39, 0.29) is 5.92 Å². The Labute approximate surface area is 132 Å². The van der Waals surface area contributed by atoms with Gasteiger partial charge < -0.3 is 15.7 Å². The maximum Gasteiger partial charge on any atom is 0.313 e. The van der Waals surface area contributed by atoms with E-state index in [0.29, 0.717) is 24.6 Å². The second kappa shape index (κ2) is 8.54. The van der Waals surface area contributed by atoms with Gasteiger partial charge in [-0.15, -0.1) is 0 Å². The van der Waals surface area contributed by atoms with Gasteiger partial charge in [-0.2, -0.15) is 0 Å². The fourth-order valence-electron chi connectivity index (χ4n) is 2.18. The molecule has 5 heteroatoms. The van der Waals surface area contributed by atoms with Crippen molar-refractivity contribution >= 4 is 17.5 Å². The summed E-state index contributed by atoms with van der Waals surface area (Å²) >= 11 is 0. The molecule has 3 N–H and O–H groups in total. The molecule has 2 unspecified atom stereocenters. The summed E-state index contributed by atoms with van der Waals surface area (Å²) in [6.45, 7) is 8.11. The van der Waals surface area contributed by atoms with E-state index in [1.165, 1.54) is 0 Å². The number of hydrogen-bond acceptors (Lipinski definition) is 3. The first kappa shape index (κ1) is 18.2. The number of hydrogen-bond donors (Lipinski definition) is 3. The van der Waals surface area contributed by atoms with Crippen molar-refractivity contribution in [2.45, 2.75) is 46.1 Å². The van der Waals surface area contributed by atoms with Crippen LogP contribution in [0.4, 0.5) is 5.69 Å². The molecule has 0 radical (unpaired) electrons. The number of aliphatic hydroxyl groups is 1. The summed E-state index contributed by atoms with van der Waals surface area (Å²) in [5.74, 6) is -0.870. The van der Waals surface area contributed by atoms with Gasteiger partial charge in [-0.05, 0) is 42.9 Å². The minimum Gasteiger partial charge on any atom is -0.393 e. The monoisotopic (exact) mass is 306 g/mol. The number of carbonyl (C=O) groups excluding carboxylic acids is 2. The molecule has 2 atom stereocenters. The molecule has 1 rings (SSSR count). The summed E-state index contributed by atoms with van der Waals surface area (Å²) in [7, 11) is 0. The molecule has 1 aromatic rings. The molecule has 0 saturated carbocycles. The molecule has 0 aliphatic carbocycles. The van der Waals surface area contributed by atoms with Crippen molar-refractivity contribution in [1.82, 2.24) is 5.32 Å². The van der Waals surface area contributed by atoms with Crippen LogP contribution in [0.1, 0.15) is 45.6 Å². The molecule has 0 aromatic heterocycles. The van der Waals surface area contributed by atoms with E-state index in [2.05, 4.69) is 24.5 Å². The summed E-state index contributed by atoms with van der Waals surface area (Å²) in [5.41, 5.74) is 1.71. The number of rotatable bonds is 6. The number of amides is 2. The van der Waals surface area contributed by atoms with Gasteiger partial charge in [-0.1, -0.05) is 32.9 Å². The molecule has 0 aliphatic rings. The van der Waals surface area contributed by atoms with E-state index < -0.39 is 17.9 Å². The summed E-state index contributed by atoms with van der Waals surface area (Å²) in [4.78, 5) is 23.6. The molecule has 1 aromatic carbocycles.